The number of nitrogens with one attached hydrogen (secondary N) is 1. The van der Waals surface area contributed by atoms with Gasteiger partial charge < -0.3 is 10.2 Å². The van der Waals surface area contributed by atoms with Crippen molar-refractivity contribution in [2.24, 2.45) is 0 Å². The maximum absolute atomic E-state index is 12.6. The van der Waals surface area contributed by atoms with Crippen LogP contribution >= 0.6 is 11.8 Å². The number of carbonyl (C=O) groups excluding carboxylic acids is 2. The molecule has 0 fully saturated rings. The molecular formula is C22H26N6O2S. The van der Waals surface area contributed by atoms with E-state index in [1.807, 2.05) is 45.9 Å². The van der Waals surface area contributed by atoms with Gasteiger partial charge in [0.15, 0.2) is 0 Å². The van der Waals surface area contributed by atoms with Crippen molar-refractivity contribution in [2.75, 3.05) is 19.4 Å². The van der Waals surface area contributed by atoms with Gasteiger partial charge >= 0.3 is 0 Å². The Morgan fingerprint density at radius 1 is 1.03 bits per heavy atom. The van der Waals surface area contributed by atoms with Gasteiger partial charge in [-0.15, -0.1) is 0 Å². The molecule has 0 saturated carbocycles. The summed E-state index contributed by atoms with van der Waals surface area (Å²) in [5.74, 6) is 0.363. The van der Waals surface area contributed by atoms with Crippen LogP contribution in [0.4, 0.5) is 10.5 Å². The highest BCUT2D eigenvalue weighted by Crippen LogP contribution is 2.23. The molecule has 2 heterocycles. The lowest BCUT2D eigenvalue weighted by atomic mass is 10.1. The number of rotatable bonds is 5. The normalized spacial score (nSPS) is 10.8. The Morgan fingerprint density at radius 2 is 1.65 bits per heavy atom. The van der Waals surface area contributed by atoms with Crippen LogP contribution in [0.5, 0.6) is 0 Å². The number of hydrogen-bond donors (Lipinski definition) is 1. The first kappa shape index (κ1) is 22.5. The zero-order valence-corrected chi connectivity index (χ0v) is 19.4. The Morgan fingerprint density at radius 3 is 2.23 bits per heavy atom. The number of aromatic nitrogens is 4. The summed E-state index contributed by atoms with van der Waals surface area (Å²) in [6.07, 6.45) is 0.193. The molecule has 0 aliphatic carbocycles. The Balaban J connectivity index is 1.71. The summed E-state index contributed by atoms with van der Waals surface area (Å²) in [6.45, 7) is 7.62. The average molecular weight is 439 g/mol. The van der Waals surface area contributed by atoms with Gasteiger partial charge in [-0.1, -0.05) is 0 Å². The standard InChI is InChI=1S/C22H26N6O2S/c1-13-11-14(2)24-21(23-13)28-16(4)19(15(3)26-28)12-20(29)25-17-7-9-18(10-8-17)31-22(30)27(5)6/h7-11H,12H2,1-6H3,(H,25,29). The molecule has 0 aliphatic heterocycles. The predicted octanol–water partition coefficient (Wildman–Crippen LogP) is 3.85. The van der Waals surface area contributed by atoms with E-state index in [9.17, 15) is 9.59 Å². The molecule has 9 heteroatoms. The third kappa shape index (κ3) is 5.49. The summed E-state index contributed by atoms with van der Waals surface area (Å²) in [7, 11) is 3.42. The summed E-state index contributed by atoms with van der Waals surface area (Å²) >= 11 is 1.14. The van der Waals surface area contributed by atoms with Crippen molar-refractivity contribution in [3.63, 3.8) is 0 Å². The van der Waals surface area contributed by atoms with Gasteiger partial charge in [0, 0.05) is 47.3 Å². The maximum Gasteiger partial charge on any atom is 0.285 e. The van der Waals surface area contributed by atoms with Crippen LogP contribution in [0.15, 0.2) is 35.2 Å². The fraction of sp³-hybridized carbons (Fsp3) is 0.318. The number of anilines is 1. The summed E-state index contributed by atoms with van der Waals surface area (Å²) < 4.78 is 1.69. The van der Waals surface area contributed by atoms with E-state index in [1.54, 1.807) is 30.9 Å². The Kier molecular flexibility index (Phi) is 6.74. The molecule has 8 nitrogen and oxygen atoms in total. The molecule has 1 N–H and O–H groups in total. The van der Waals surface area contributed by atoms with Gasteiger partial charge in [0.1, 0.15) is 0 Å². The highest BCUT2D eigenvalue weighted by atomic mass is 32.2. The second-order valence-corrected chi connectivity index (χ2v) is 8.55. The number of aryl methyl sites for hydroxylation is 3. The third-order valence-electron chi connectivity index (χ3n) is 4.65. The van der Waals surface area contributed by atoms with Gasteiger partial charge in [-0.3, -0.25) is 9.59 Å². The summed E-state index contributed by atoms with van der Waals surface area (Å²) in [5, 5.41) is 7.40. The molecule has 0 spiro atoms. The molecule has 2 aromatic heterocycles. The lowest BCUT2D eigenvalue weighted by molar-refractivity contribution is -0.115. The van der Waals surface area contributed by atoms with Crippen molar-refractivity contribution >= 4 is 28.6 Å². The minimum atomic E-state index is -0.142. The fourth-order valence-corrected chi connectivity index (χ4v) is 3.75. The second-order valence-electron chi connectivity index (χ2n) is 7.52. The SMILES string of the molecule is Cc1cc(C)nc(-n2nc(C)c(CC(=O)Nc3ccc(SC(=O)N(C)C)cc3)c2C)n1. The van der Waals surface area contributed by atoms with E-state index in [0.29, 0.717) is 11.6 Å². The zero-order chi connectivity index (χ0) is 22.7. The largest absolute Gasteiger partial charge is 0.339 e. The van der Waals surface area contributed by atoms with Crippen LogP contribution < -0.4 is 5.32 Å². The second kappa shape index (κ2) is 9.30. The van der Waals surface area contributed by atoms with E-state index in [1.165, 1.54) is 4.90 Å². The molecule has 0 radical (unpaired) electrons. The molecule has 0 aliphatic rings. The molecule has 2 amide bonds. The van der Waals surface area contributed by atoms with Crippen LogP contribution in [-0.2, 0) is 11.2 Å². The minimum absolute atomic E-state index is 0.0486. The number of amides is 2. The van der Waals surface area contributed by atoms with Crippen molar-refractivity contribution < 1.29 is 9.59 Å². The van der Waals surface area contributed by atoms with Gasteiger partial charge in [-0.25, -0.2) is 14.6 Å². The fourth-order valence-electron chi connectivity index (χ4n) is 3.09. The Labute approximate surface area is 186 Å². The highest BCUT2D eigenvalue weighted by Gasteiger charge is 2.18. The van der Waals surface area contributed by atoms with E-state index < -0.39 is 0 Å². The summed E-state index contributed by atoms with van der Waals surface area (Å²) in [4.78, 5) is 35.7. The van der Waals surface area contributed by atoms with Crippen LogP contribution in [0.2, 0.25) is 0 Å². The zero-order valence-electron chi connectivity index (χ0n) is 18.6. The van der Waals surface area contributed by atoms with Crippen molar-refractivity contribution in [1.29, 1.82) is 0 Å². The number of hydrogen-bond acceptors (Lipinski definition) is 6. The topological polar surface area (TPSA) is 93.0 Å². The van der Waals surface area contributed by atoms with E-state index >= 15 is 0 Å². The molecule has 162 valence electrons. The predicted molar refractivity (Wildman–Crippen MR) is 122 cm³/mol. The molecule has 0 saturated heterocycles. The van der Waals surface area contributed by atoms with Crippen LogP contribution in [0.3, 0.4) is 0 Å². The van der Waals surface area contributed by atoms with Gasteiger partial charge in [-0.05, 0) is 69.8 Å². The molecule has 0 unspecified atom stereocenters. The molecule has 3 rings (SSSR count). The Hall–Kier alpha value is -3.20. The smallest absolute Gasteiger partial charge is 0.285 e. The van der Waals surface area contributed by atoms with Crippen molar-refractivity contribution in [2.45, 2.75) is 39.0 Å². The molecular weight excluding hydrogens is 412 g/mol. The van der Waals surface area contributed by atoms with Gasteiger partial charge in [0.25, 0.3) is 11.2 Å². The van der Waals surface area contributed by atoms with Gasteiger partial charge in [0.2, 0.25) is 5.91 Å². The summed E-state index contributed by atoms with van der Waals surface area (Å²) in [5.41, 5.74) is 4.86. The molecule has 1 aromatic carbocycles. The molecule has 3 aromatic rings. The highest BCUT2D eigenvalue weighted by molar-refractivity contribution is 8.13. The van der Waals surface area contributed by atoms with E-state index in [2.05, 4.69) is 20.4 Å². The first-order valence-electron chi connectivity index (χ1n) is 9.81. The van der Waals surface area contributed by atoms with Crippen molar-refractivity contribution in [3.05, 3.63) is 58.7 Å². The van der Waals surface area contributed by atoms with Gasteiger partial charge in [-0.2, -0.15) is 5.10 Å². The van der Waals surface area contributed by atoms with E-state index in [4.69, 9.17) is 0 Å². The number of thioether (sulfide) groups is 1. The van der Waals surface area contributed by atoms with E-state index in [-0.39, 0.29) is 17.6 Å². The molecule has 0 atom stereocenters. The molecule has 31 heavy (non-hydrogen) atoms. The number of benzene rings is 1. The van der Waals surface area contributed by atoms with Crippen LogP contribution in [0.25, 0.3) is 5.95 Å². The average Bonchev–Trinajstić information content (AvgIpc) is 2.97. The monoisotopic (exact) mass is 438 g/mol. The first-order valence-corrected chi connectivity index (χ1v) is 10.6. The minimum Gasteiger partial charge on any atom is -0.339 e. The lowest BCUT2D eigenvalue weighted by Crippen LogP contribution is -2.16. The number of nitrogens with zero attached hydrogens (tertiary/aromatic N) is 5. The molecule has 0 bridgehead atoms. The van der Waals surface area contributed by atoms with Crippen LogP contribution in [0.1, 0.15) is 28.3 Å². The quantitative estimate of drug-likeness (QED) is 0.608. The Bertz CT molecular complexity index is 1100. The van der Waals surface area contributed by atoms with Crippen molar-refractivity contribution in [1.82, 2.24) is 24.6 Å². The summed E-state index contributed by atoms with van der Waals surface area (Å²) in [6, 6.07) is 9.11. The van der Waals surface area contributed by atoms with Crippen LogP contribution in [-0.4, -0.2) is 49.9 Å². The third-order valence-corrected chi connectivity index (χ3v) is 5.69. The maximum atomic E-state index is 12.6. The van der Waals surface area contributed by atoms with E-state index in [0.717, 1.165) is 45.0 Å². The first-order chi connectivity index (χ1) is 14.6. The van der Waals surface area contributed by atoms with Gasteiger partial charge in [0.05, 0.1) is 12.1 Å². The number of carbonyl (C=O) groups is 2. The van der Waals surface area contributed by atoms with Crippen molar-refractivity contribution in [3.8, 4) is 5.95 Å². The van der Waals surface area contributed by atoms with Crippen LogP contribution in [0, 0.1) is 27.7 Å². The lowest BCUT2D eigenvalue weighted by Gasteiger charge is -2.10.